The summed E-state index contributed by atoms with van der Waals surface area (Å²) >= 11 is 0. The predicted molar refractivity (Wildman–Crippen MR) is 87.4 cm³/mol. The molecule has 0 aliphatic carbocycles. The summed E-state index contributed by atoms with van der Waals surface area (Å²) in [5, 5.41) is 3.13. The third-order valence-electron chi connectivity index (χ3n) is 3.87. The lowest BCUT2D eigenvalue weighted by molar-refractivity contribution is 0.186. The highest BCUT2D eigenvalue weighted by molar-refractivity contribution is 4.93. The van der Waals surface area contributed by atoms with Gasteiger partial charge in [0.2, 0.25) is 0 Å². The second-order valence-corrected chi connectivity index (χ2v) is 5.90. The summed E-state index contributed by atoms with van der Waals surface area (Å²) in [5.74, 6) is 1.85. The van der Waals surface area contributed by atoms with E-state index in [2.05, 4.69) is 30.6 Å². The van der Waals surface area contributed by atoms with Gasteiger partial charge in [0.15, 0.2) is 0 Å². The van der Waals surface area contributed by atoms with E-state index in [1.54, 1.807) is 0 Å². The van der Waals surface area contributed by atoms with E-state index in [0.717, 1.165) is 24.1 Å². The van der Waals surface area contributed by atoms with Crippen LogP contribution in [0, 0.1) is 11.8 Å². The Labute approximate surface area is 121 Å². The summed E-state index contributed by atoms with van der Waals surface area (Å²) in [4.78, 5) is 2.53. The number of piperidine rings is 1. The number of nitrogens with zero attached hydrogens (tertiary/aromatic N) is 1. The van der Waals surface area contributed by atoms with Gasteiger partial charge >= 0.3 is 0 Å². The van der Waals surface area contributed by atoms with Crippen molar-refractivity contribution >= 4 is 0 Å². The Morgan fingerprint density at radius 2 is 1.84 bits per heavy atom. The van der Waals surface area contributed by atoms with Crippen LogP contribution in [-0.4, -0.2) is 31.6 Å². The largest absolute Gasteiger partial charge is 0.391 e. The average Bonchev–Trinajstić information content (AvgIpc) is 2.42. The minimum absolute atomic E-state index is 0.869. The van der Waals surface area contributed by atoms with Gasteiger partial charge in [-0.3, -0.25) is 4.90 Å². The van der Waals surface area contributed by atoms with Crippen LogP contribution in [0.25, 0.3) is 0 Å². The van der Waals surface area contributed by atoms with Crippen LogP contribution < -0.4 is 5.32 Å². The highest BCUT2D eigenvalue weighted by Gasteiger charge is 2.18. The van der Waals surface area contributed by atoms with Gasteiger partial charge in [-0.2, -0.15) is 0 Å². The van der Waals surface area contributed by atoms with Gasteiger partial charge in [0.25, 0.3) is 0 Å². The predicted octanol–water partition coefficient (Wildman–Crippen LogP) is 4.28. The Balaban J connectivity index is 0.00000154. The van der Waals surface area contributed by atoms with Gasteiger partial charge in [-0.15, -0.1) is 0 Å². The number of nitrogens with one attached hydrogen (secondary N) is 1. The lowest BCUT2D eigenvalue weighted by Crippen LogP contribution is -2.36. The molecule has 0 aromatic rings. The first-order chi connectivity index (χ1) is 9.11. The fourth-order valence-corrected chi connectivity index (χ4v) is 2.60. The Bertz CT molecular complexity index is 215. The van der Waals surface area contributed by atoms with Gasteiger partial charge in [-0.1, -0.05) is 53.5 Å². The van der Waals surface area contributed by atoms with E-state index >= 15 is 0 Å². The number of hydrogen-bond donors (Lipinski definition) is 1. The average molecular weight is 268 g/mol. The first kappa shape index (κ1) is 18.5. The lowest BCUT2D eigenvalue weighted by atomic mass is 9.90. The van der Waals surface area contributed by atoms with Crippen LogP contribution in [0.3, 0.4) is 0 Å². The van der Waals surface area contributed by atoms with Crippen molar-refractivity contribution in [1.29, 1.82) is 0 Å². The quantitative estimate of drug-likeness (QED) is 0.741. The molecule has 1 rings (SSSR count). The van der Waals surface area contributed by atoms with Gasteiger partial charge in [0.1, 0.15) is 0 Å². The topological polar surface area (TPSA) is 15.3 Å². The molecule has 1 N–H and O–H groups in total. The lowest BCUT2D eigenvalue weighted by Gasteiger charge is -2.32. The van der Waals surface area contributed by atoms with Gasteiger partial charge in [-0.25, -0.2) is 0 Å². The van der Waals surface area contributed by atoms with Crippen molar-refractivity contribution in [3.8, 4) is 0 Å². The third-order valence-corrected chi connectivity index (χ3v) is 3.87. The standard InChI is InChI=1S/C15H30N2.C2H6/c1-13(2)6-5-7-15-8-10-17(11-9-15)12-14(3)16-4;1-2/h13,15-16H,3,5-12H2,1-2,4H3;1-2H3. The van der Waals surface area contributed by atoms with E-state index in [-0.39, 0.29) is 0 Å². The molecule has 0 radical (unpaired) electrons. The zero-order chi connectivity index (χ0) is 14.7. The molecule has 2 heteroatoms. The highest BCUT2D eigenvalue weighted by Crippen LogP contribution is 2.23. The summed E-state index contributed by atoms with van der Waals surface area (Å²) < 4.78 is 0. The maximum atomic E-state index is 4.00. The fraction of sp³-hybridized carbons (Fsp3) is 0.882. The van der Waals surface area contributed by atoms with Crippen molar-refractivity contribution in [3.05, 3.63) is 12.3 Å². The molecule has 1 saturated heterocycles. The van der Waals surface area contributed by atoms with Crippen molar-refractivity contribution < 1.29 is 0 Å². The molecule has 0 aromatic heterocycles. The first-order valence-electron chi connectivity index (χ1n) is 8.19. The van der Waals surface area contributed by atoms with E-state index in [0.29, 0.717) is 0 Å². The zero-order valence-electron chi connectivity index (χ0n) is 14.0. The molecule has 1 aliphatic rings. The third kappa shape index (κ3) is 9.10. The first-order valence-corrected chi connectivity index (χ1v) is 8.19. The van der Waals surface area contributed by atoms with Crippen LogP contribution in [-0.2, 0) is 0 Å². The Morgan fingerprint density at radius 3 is 2.32 bits per heavy atom. The molecule has 1 fully saturated rings. The van der Waals surface area contributed by atoms with E-state index in [9.17, 15) is 0 Å². The van der Waals surface area contributed by atoms with Crippen LogP contribution in [0.4, 0.5) is 0 Å². The van der Waals surface area contributed by atoms with Gasteiger partial charge in [-0.05, 0) is 37.8 Å². The Kier molecular flexibility index (Phi) is 11.0. The van der Waals surface area contributed by atoms with Crippen molar-refractivity contribution in [3.63, 3.8) is 0 Å². The normalized spacial score (nSPS) is 16.9. The molecule has 0 spiro atoms. The Hall–Kier alpha value is -0.500. The fourth-order valence-electron chi connectivity index (χ4n) is 2.60. The van der Waals surface area contributed by atoms with E-state index < -0.39 is 0 Å². The summed E-state index contributed by atoms with van der Waals surface area (Å²) in [6.07, 6.45) is 7.03. The molecule has 0 aromatic carbocycles. The summed E-state index contributed by atoms with van der Waals surface area (Å²) in [5.41, 5.74) is 1.14. The molecule has 0 saturated carbocycles. The number of hydrogen-bond acceptors (Lipinski definition) is 2. The van der Waals surface area contributed by atoms with Crippen molar-refractivity contribution in [2.75, 3.05) is 26.7 Å². The van der Waals surface area contributed by atoms with E-state index in [4.69, 9.17) is 0 Å². The maximum Gasteiger partial charge on any atom is 0.0375 e. The molecule has 114 valence electrons. The van der Waals surface area contributed by atoms with Crippen LogP contribution in [0.2, 0.25) is 0 Å². The molecule has 0 atom stereocenters. The summed E-state index contributed by atoms with van der Waals surface area (Å²) in [6.45, 7) is 16.2. The Morgan fingerprint density at radius 1 is 1.26 bits per heavy atom. The van der Waals surface area contributed by atoms with Crippen LogP contribution in [0.15, 0.2) is 12.3 Å². The van der Waals surface area contributed by atoms with E-state index in [1.165, 1.54) is 45.2 Å². The van der Waals surface area contributed by atoms with Gasteiger partial charge < -0.3 is 5.32 Å². The maximum absolute atomic E-state index is 4.00. The molecule has 2 nitrogen and oxygen atoms in total. The molecule has 1 heterocycles. The second-order valence-electron chi connectivity index (χ2n) is 5.90. The highest BCUT2D eigenvalue weighted by atomic mass is 15.1. The molecule has 0 bridgehead atoms. The minimum Gasteiger partial charge on any atom is -0.391 e. The van der Waals surface area contributed by atoms with Gasteiger partial charge in [0.05, 0.1) is 0 Å². The van der Waals surface area contributed by atoms with Crippen molar-refractivity contribution in [2.24, 2.45) is 11.8 Å². The van der Waals surface area contributed by atoms with Gasteiger partial charge in [0, 0.05) is 19.3 Å². The minimum atomic E-state index is 0.869. The number of likely N-dealkylation sites (tertiary alicyclic amines) is 1. The van der Waals surface area contributed by atoms with Crippen LogP contribution in [0.5, 0.6) is 0 Å². The van der Waals surface area contributed by atoms with Crippen LogP contribution >= 0.6 is 0 Å². The zero-order valence-corrected chi connectivity index (χ0v) is 14.0. The molecule has 19 heavy (non-hydrogen) atoms. The van der Waals surface area contributed by atoms with Crippen molar-refractivity contribution in [1.82, 2.24) is 10.2 Å². The SMILES string of the molecule is C=C(CN1CCC(CCCC(C)C)CC1)NC.CC. The van der Waals surface area contributed by atoms with Crippen molar-refractivity contribution in [2.45, 2.75) is 59.8 Å². The monoisotopic (exact) mass is 268 g/mol. The number of likely N-dealkylation sites (N-methyl/N-ethyl adjacent to an activating group) is 1. The number of rotatable bonds is 7. The molecule has 0 unspecified atom stereocenters. The van der Waals surface area contributed by atoms with E-state index in [1.807, 2.05) is 20.9 Å². The smallest absolute Gasteiger partial charge is 0.0375 e. The second kappa shape index (κ2) is 11.3. The summed E-state index contributed by atoms with van der Waals surface area (Å²) in [7, 11) is 1.96. The molecule has 1 aliphatic heterocycles. The molecule has 0 amide bonds. The summed E-state index contributed by atoms with van der Waals surface area (Å²) in [6, 6.07) is 0. The molecular weight excluding hydrogens is 232 g/mol. The van der Waals surface area contributed by atoms with Crippen LogP contribution in [0.1, 0.15) is 59.8 Å². The molecular formula is C17H36N2.